The molecule has 0 aromatic heterocycles. The van der Waals surface area contributed by atoms with Crippen molar-refractivity contribution in [1.82, 2.24) is 9.80 Å². The summed E-state index contributed by atoms with van der Waals surface area (Å²) in [5.74, 6) is -0.208. The minimum Gasteiger partial charge on any atom is -0.462 e. The molecule has 0 aromatic rings. The highest BCUT2D eigenvalue weighted by atomic mass is 79.9. The first-order chi connectivity index (χ1) is 7.72. The van der Waals surface area contributed by atoms with E-state index in [2.05, 4.69) is 0 Å². The Hall–Kier alpha value is -0.750. The molecule has 5 nitrogen and oxygen atoms in total. The first kappa shape index (κ1) is 16.2. The van der Waals surface area contributed by atoms with Gasteiger partial charge in [-0.3, -0.25) is 4.79 Å². The third kappa shape index (κ3) is 7.23. The summed E-state index contributed by atoms with van der Waals surface area (Å²) in [6.45, 7) is 4.62. The van der Waals surface area contributed by atoms with Crippen LogP contribution in [-0.4, -0.2) is 55.9 Å². The van der Waals surface area contributed by atoms with E-state index in [1.54, 1.807) is 0 Å². The third-order valence-corrected chi connectivity index (χ3v) is 2.11. The van der Waals surface area contributed by atoms with Crippen LogP contribution in [-0.2, 0) is 14.3 Å². The van der Waals surface area contributed by atoms with E-state index in [1.807, 2.05) is 36.2 Å². The largest absolute Gasteiger partial charge is 0.462 e. The topological polar surface area (TPSA) is 42.0 Å². The number of hydrogen-bond donors (Lipinski definition) is 0. The number of carbonyl (C=O) groups is 1. The Bertz CT molecular complexity index is 249. The summed E-state index contributed by atoms with van der Waals surface area (Å²) in [5.41, 5.74) is 0. The van der Waals surface area contributed by atoms with Crippen molar-refractivity contribution >= 4 is 23.0 Å². The van der Waals surface area contributed by atoms with Crippen LogP contribution in [0.5, 0.6) is 0 Å². The van der Waals surface area contributed by atoms with Gasteiger partial charge < -0.3 is 19.3 Å². The fourth-order valence-electron chi connectivity index (χ4n) is 1.36. The molecular formula is C11H21BrN2O3. The Balaban J connectivity index is 0.00000256. The van der Waals surface area contributed by atoms with Crippen molar-refractivity contribution in [2.24, 2.45) is 0 Å². The van der Waals surface area contributed by atoms with Crippen LogP contribution in [0.1, 0.15) is 13.3 Å². The van der Waals surface area contributed by atoms with E-state index < -0.39 is 0 Å². The molecule has 1 aliphatic heterocycles. The number of ether oxygens (including phenoxy) is 2. The van der Waals surface area contributed by atoms with Crippen LogP contribution < -0.4 is 0 Å². The molecule has 0 spiro atoms. The number of carbonyl (C=O) groups excluding carboxylic acids is 1. The number of hydrogen-bond acceptors (Lipinski definition) is 5. The average Bonchev–Trinajstić information content (AvgIpc) is 2.63. The smallest absolute Gasteiger partial charge is 0.325 e. The van der Waals surface area contributed by atoms with Gasteiger partial charge in [0.05, 0.1) is 13.3 Å². The Labute approximate surface area is 113 Å². The van der Waals surface area contributed by atoms with Crippen molar-refractivity contribution in [3.05, 3.63) is 12.4 Å². The van der Waals surface area contributed by atoms with Crippen molar-refractivity contribution in [2.45, 2.75) is 13.3 Å². The number of halogens is 1. The second kappa shape index (κ2) is 9.30. The molecule has 0 N–H and O–H groups in total. The molecule has 0 saturated heterocycles. The lowest BCUT2D eigenvalue weighted by Gasteiger charge is -2.16. The molecule has 0 bridgehead atoms. The quantitative estimate of drug-likeness (QED) is 0.522. The van der Waals surface area contributed by atoms with Crippen LogP contribution >= 0.6 is 17.0 Å². The summed E-state index contributed by atoms with van der Waals surface area (Å²) in [6, 6.07) is 0. The molecule has 0 saturated carbocycles. The first-order valence-electron chi connectivity index (χ1n) is 5.58. The van der Waals surface area contributed by atoms with E-state index in [1.165, 1.54) is 0 Å². The lowest BCUT2D eigenvalue weighted by molar-refractivity contribution is -0.145. The maximum Gasteiger partial charge on any atom is 0.325 e. The van der Waals surface area contributed by atoms with Gasteiger partial charge in [0, 0.05) is 26.1 Å². The zero-order valence-electron chi connectivity index (χ0n) is 10.4. The lowest BCUT2D eigenvalue weighted by Crippen LogP contribution is -2.29. The van der Waals surface area contributed by atoms with Crippen molar-refractivity contribution in [3.63, 3.8) is 0 Å². The summed E-state index contributed by atoms with van der Waals surface area (Å²) in [5, 5.41) is 0. The maximum absolute atomic E-state index is 11.4. The normalized spacial score (nSPS) is 13.8. The van der Waals surface area contributed by atoms with Crippen molar-refractivity contribution in [2.75, 3.05) is 40.1 Å². The van der Waals surface area contributed by atoms with Gasteiger partial charge in [0.1, 0.15) is 13.2 Å². The summed E-state index contributed by atoms with van der Waals surface area (Å²) >= 11 is 0. The van der Waals surface area contributed by atoms with Gasteiger partial charge in [-0.15, -0.1) is 17.0 Å². The molecule has 6 heteroatoms. The highest BCUT2D eigenvalue weighted by molar-refractivity contribution is 8.93. The zero-order chi connectivity index (χ0) is 11.8. The molecule has 1 heterocycles. The molecule has 100 valence electrons. The van der Waals surface area contributed by atoms with Crippen LogP contribution in [0.25, 0.3) is 0 Å². The molecule has 17 heavy (non-hydrogen) atoms. The van der Waals surface area contributed by atoms with Crippen molar-refractivity contribution in [1.29, 1.82) is 0 Å². The number of rotatable bonds is 7. The van der Waals surface area contributed by atoms with Crippen LogP contribution in [0, 0.1) is 0 Å². The third-order valence-electron chi connectivity index (χ3n) is 2.11. The Morgan fingerprint density at radius 1 is 1.29 bits per heavy atom. The zero-order valence-corrected chi connectivity index (χ0v) is 12.1. The van der Waals surface area contributed by atoms with Gasteiger partial charge in [-0.2, -0.15) is 0 Å². The second-order valence-electron chi connectivity index (χ2n) is 3.78. The summed E-state index contributed by atoms with van der Waals surface area (Å²) in [7, 11) is 1.96. The van der Waals surface area contributed by atoms with Gasteiger partial charge in [-0.05, 0) is 6.42 Å². The Morgan fingerprint density at radius 3 is 2.65 bits per heavy atom. The monoisotopic (exact) mass is 308 g/mol. The molecule has 0 aromatic carbocycles. The minimum atomic E-state index is -0.208. The Morgan fingerprint density at radius 2 is 2.06 bits per heavy atom. The standard InChI is InChI=1S/C11H20N2O3.BrH/c1-3-6-15-7-8-16-11(14)9-13-5-4-12(2)10-13;/h4-5H,3,6-10H2,1-2H3;1H. The molecule has 0 aliphatic carbocycles. The summed E-state index contributed by atoms with van der Waals surface area (Å²) in [4.78, 5) is 15.3. The predicted molar refractivity (Wildman–Crippen MR) is 70.9 cm³/mol. The number of esters is 1. The van der Waals surface area contributed by atoms with E-state index >= 15 is 0 Å². The van der Waals surface area contributed by atoms with Gasteiger partial charge in [0.25, 0.3) is 0 Å². The lowest BCUT2D eigenvalue weighted by atomic mass is 10.5. The molecule has 0 fully saturated rings. The van der Waals surface area contributed by atoms with Gasteiger partial charge >= 0.3 is 5.97 Å². The molecular weight excluding hydrogens is 288 g/mol. The molecule has 0 unspecified atom stereocenters. The van der Waals surface area contributed by atoms with Crippen LogP contribution in [0.4, 0.5) is 0 Å². The first-order valence-corrected chi connectivity index (χ1v) is 5.58. The molecule has 1 rings (SSSR count). The van der Waals surface area contributed by atoms with E-state index in [-0.39, 0.29) is 23.0 Å². The fourth-order valence-corrected chi connectivity index (χ4v) is 1.36. The highest BCUT2D eigenvalue weighted by Gasteiger charge is 2.13. The molecule has 1 aliphatic rings. The average molecular weight is 309 g/mol. The molecule has 0 amide bonds. The minimum absolute atomic E-state index is 0. The van der Waals surface area contributed by atoms with Crippen LogP contribution in [0.2, 0.25) is 0 Å². The van der Waals surface area contributed by atoms with Gasteiger partial charge in [-0.25, -0.2) is 0 Å². The van der Waals surface area contributed by atoms with Crippen LogP contribution in [0.3, 0.4) is 0 Å². The second-order valence-corrected chi connectivity index (χ2v) is 3.78. The van der Waals surface area contributed by atoms with Crippen LogP contribution in [0.15, 0.2) is 12.4 Å². The van der Waals surface area contributed by atoms with E-state index in [4.69, 9.17) is 9.47 Å². The number of nitrogens with zero attached hydrogens (tertiary/aromatic N) is 2. The maximum atomic E-state index is 11.4. The van der Waals surface area contributed by atoms with Crippen molar-refractivity contribution in [3.8, 4) is 0 Å². The van der Waals surface area contributed by atoms with Gasteiger partial charge in [0.15, 0.2) is 0 Å². The summed E-state index contributed by atoms with van der Waals surface area (Å²) < 4.78 is 10.2. The Kier molecular flexibility index (Phi) is 8.89. The molecule has 0 radical (unpaired) electrons. The summed E-state index contributed by atoms with van der Waals surface area (Å²) in [6.07, 6.45) is 4.80. The van der Waals surface area contributed by atoms with E-state index in [9.17, 15) is 4.79 Å². The SMILES string of the molecule is Br.CCCOCCOC(=O)CN1C=CN(C)C1. The van der Waals surface area contributed by atoms with Gasteiger partial charge in [-0.1, -0.05) is 6.92 Å². The predicted octanol–water partition coefficient (Wildman–Crippen LogP) is 1.21. The van der Waals surface area contributed by atoms with Crippen molar-refractivity contribution < 1.29 is 14.3 Å². The molecule has 0 atom stereocenters. The highest BCUT2D eigenvalue weighted by Crippen LogP contribution is 2.02. The van der Waals surface area contributed by atoms with E-state index in [0.29, 0.717) is 19.8 Å². The fraction of sp³-hybridized carbons (Fsp3) is 0.727. The van der Waals surface area contributed by atoms with E-state index in [0.717, 1.165) is 19.7 Å². The van der Waals surface area contributed by atoms with Gasteiger partial charge in [0.2, 0.25) is 0 Å².